The molecule has 2 aliphatic rings. The number of carbonyl (C=O) groups is 2. The molecule has 5 N–H and O–H groups in total. The molecular weight excluding hydrogens is 364 g/mol. The van der Waals surface area contributed by atoms with Gasteiger partial charge in [-0.3, -0.25) is 4.79 Å². The van der Waals surface area contributed by atoms with Crippen LogP contribution in [0, 0.1) is 0 Å². The molecule has 148 valence electrons. The van der Waals surface area contributed by atoms with Crippen molar-refractivity contribution in [3.63, 3.8) is 0 Å². The summed E-state index contributed by atoms with van der Waals surface area (Å²) in [4.78, 5) is 22.3. The lowest BCUT2D eigenvalue weighted by Gasteiger charge is -2.38. The second-order valence-electron chi connectivity index (χ2n) is 6.54. The Hall–Kier alpha value is -2.40. The Kier molecular flexibility index (Phi) is 5.51. The first kappa shape index (κ1) is 19.4. The average molecular weight is 384 g/mol. The van der Waals surface area contributed by atoms with E-state index in [0.29, 0.717) is 24.8 Å². The molecule has 6 atom stereocenters. The highest BCUT2D eigenvalue weighted by Gasteiger charge is 2.48. The third-order valence-corrected chi connectivity index (χ3v) is 4.45. The van der Waals surface area contributed by atoms with Crippen LogP contribution in [-0.2, 0) is 25.5 Å². The highest BCUT2D eigenvalue weighted by atomic mass is 16.7. The number of aromatic hydroxyl groups is 1. The Morgan fingerprint density at radius 3 is 2.52 bits per heavy atom. The van der Waals surface area contributed by atoms with Crippen LogP contribution in [0.25, 0.3) is 0 Å². The van der Waals surface area contributed by atoms with E-state index in [2.05, 4.69) is 0 Å². The van der Waals surface area contributed by atoms with Crippen molar-refractivity contribution in [1.82, 2.24) is 0 Å². The number of esters is 1. The Morgan fingerprint density at radius 1 is 1.15 bits per heavy atom. The smallest absolute Gasteiger partial charge is 0.335 e. The van der Waals surface area contributed by atoms with Crippen LogP contribution < -0.4 is 4.74 Å². The number of phenols is 1. The minimum absolute atomic E-state index is 0.0473. The van der Waals surface area contributed by atoms with Crippen molar-refractivity contribution in [2.24, 2.45) is 0 Å². The molecule has 1 aromatic rings. The van der Waals surface area contributed by atoms with E-state index in [1.165, 1.54) is 18.2 Å². The molecule has 2 saturated heterocycles. The second kappa shape index (κ2) is 7.69. The summed E-state index contributed by atoms with van der Waals surface area (Å²) in [6.07, 6.45) is -7.80. The molecule has 0 spiro atoms. The Balaban J connectivity index is 1.74. The molecule has 3 rings (SSSR count). The molecular formula is C17H20O10. The summed E-state index contributed by atoms with van der Waals surface area (Å²) >= 11 is 0. The number of benzene rings is 1. The first-order chi connectivity index (χ1) is 12.7. The fraction of sp³-hybridized carbons (Fsp3) is 0.529. The molecule has 10 nitrogen and oxygen atoms in total. The molecule has 0 saturated carbocycles. The molecule has 27 heavy (non-hydrogen) atoms. The Morgan fingerprint density at radius 2 is 1.89 bits per heavy atom. The molecule has 2 aliphatic heterocycles. The summed E-state index contributed by atoms with van der Waals surface area (Å²) in [7, 11) is 0. The average Bonchev–Trinajstić information content (AvgIpc) is 2.99. The van der Waals surface area contributed by atoms with Gasteiger partial charge >= 0.3 is 11.9 Å². The van der Waals surface area contributed by atoms with E-state index in [-0.39, 0.29) is 23.6 Å². The van der Waals surface area contributed by atoms with Crippen LogP contribution in [0.4, 0.5) is 0 Å². The third kappa shape index (κ3) is 4.30. The number of carboxylic acid groups (broad SMARTS) is 1. The van der Waals surface area contributed by atoms with Crippen LogP contribution in [0.1, 0.15) is 18.4 Å². The van der Waals surface area contributed by atoms with Gasteiger partial charge in [-0.05, 0) is 24.1 Å². The number of phenolic OH excluding ortho intramolecular Hbond substituents is 1. The molecule has 2 fully saturated rings. The van der Waals surface area contributed by atoms with E-state index in [1.54, 1.807) is 0 Å². The van der Waals surface area contributed by atoms with Crippen molar-refractivity contribution < 1.29 is 49.3 Å². The van der Waals surface area contributed by atoms with Gasteiger partial charge in [0.25, 0.3) is 0 Å². The van der Waals surface area contributed by atoms with Crippen LogP contribution in [0.15, 0.2) is 18.2 Å². The summed E-state index contributed by atoms with van der Waals surface area (Å²) in [5.41, 5.74) is 0.588. The normalized spacial score (nSPS) is 33.5. The monoisotopic (exact) mass is 384 g/mol. The van der Waals surface area contributed by atoms with Gasteiger partial charge in [-0.1, -0.05) is 0 Å². The van der Waals surface area contributed by atoms with Crippen molar-refractivity contribution in [3.8, 4) is 11.5 Å². The molecule has 1 aromatic carbocycles. The number of hydrogen-bond acceptors (Lipinski definition) is 9. The van der Waals surface area contributed by atoms with E-state index in [1.807, 2.05) is 0 Å². The summed E-state index contributed by atoms with van der Waals surface area (Å²) in [6.45, 7) is 0. The minimum Gasteiger partial charge on any atom is -0.508 e. The van der Waals surface area contributed by atoms with Crippen molar-refractivity contribution in [3.05, 3.63) is 23.8 Å². The first-order valence-corrected chi connectivity index (χ1v) is 8.36. The zero-order chi connectivity index (χ0) is 19.7. The maximum atomic E-state index is 11.2. The lowest BCUT2D eigenvalue weighted by atomic mass is 9.99. The molecule has 0 aromatic heterocycles. The molecule has 0 radical (unpaired) electrons. The number of cyclic esters (lactones) is 1. The highest BCUT2D eigenvalue weighted by molar-refractivity contribution is 5.73. The van der Waals surface area contributed by atoms with Gasteiger partial charge in [0.2, 0.25) is 6.29 Å². The van der Waals surface area contributed by atoms with Crippen molar-refractivity contribution in [2.45, 2.75) is 56.1 Å². The Labute approximate surface area is 153 Å². The maximum absolute atomic E-state index is 11.2. The van der Waals surface area contributed by atoms with Gasteiger partial charge < -0.3 is 39.7 Å². The lowest BCUT2D eigenvalue weighted by Crippen LogP contribution is -2.61. The fourth-order valence-electron chi connectivity index (χ4n) is 3.10. The van der Waals surface area contributed by atoms with Crippen LogP contribution in [0.2, 0.25) is 0 Å². The number of carbonyl (C=O) groups excluding carboxylic acids is 1. The number of ether oxygens (including phenoxy) is 3. The van der Waals surface area contributed by atoms with E-state index >= 15 is 0 Å². The van der Waals surface area contributed by atoms with Gasteiger partial charge in [-0.2, -0.15) is 0 Å². The predicted octanol–water partition coefficient (Wildman–Crippen LogP) is -1.09. The van der Waals surface area contributed by atoms with Gasteiger partial charge in [0.15, 0.2) is 6.10 Å². The lowest BCUT2D eigenvalue weighted by molar-refractivity contribution is -0.271. The zero-order valence-electron chi connectivity index (χ0n) is 14.1. The number of aliphatic hydroxyl groups excluding tert-OH is 3. The van der Waals surface area contributed by atoms with E-state index < -0.39 is 36.7 Å². The minimum atomic E-state index is -1.82. The van der Waals surface area contributed by atoms with Crippen molar-refractivity contribution in [1.29, 1.82) is 0 Å². The van der Waals surface area contributed by atoms with Gasteiger partial charge in [0, 0.05) is 18.9 Å². The molecule has 1 unspecified atom stereocenters. The van der Waals surface area contributed by atoms with Gasteiger partial charge in [0.05, 0.1) is 0 Å². The molecule has 10 heteroatoms. The topological polar surface area (TPSA) is 163 Å². The van der Waals surface area contributed by atoms with Crippen molar-refractivity contribution >= 4 is 11.9 Å². The number of aliphatic hydroxyl groups is 3. The predicted molar refractivity (Wildman–Crippen MR) is 85.9 cm³/mol. The van der Waals surface area contributed by atoms with Crippen LogP contribution in [-0.4, -0.2) is 74.3 Å². The maximum Gasteiger partial charge on any atom is 0.335 e. The Bertz CT molecular complexity index is 720. The number of hydrogen-bond donors (Lipinski definition) is 5. The van der Waals surface area contributed by atoms with Crippen molar-refractivity contribution in [2.75, 3.05) is 0 Å². The largest absolute Gasteiger partial charge is 0.508 e. The molecule has 0 aliphatic carbocycles. The quantitative estimate of drug-likeness (QED) is 0.394. The van der Waals surface area contributed by atoms with Crippen LogP contribution >= 0.6 is 0 Å². The first-order valence-electron chi connectivity index (χ1n) is 8.36. The standard InChI is InChI=1S/C17H20O10/c18-8-3-7(4-9-1-2-11(19)25-9)5-10(6-8)26-17-14(22)12(20)13(21)15(27-17)16(23)24/h3,5-6,9,12-15,17-18,20-22H,1-2,4H2,(H,23,24)/t9?,12-,13-,14+,15-,17+/m0/s1. The zero-order valence-corrected chi connectivity index (χ0v) is 14.1. The van der Waals surface area contributed by atoms with Gasteiger partial charge in [-0.25, -0.2) is 4.79 Å². The molecule has 2 heterocycles. The number of rotatable bonds is 5. The fourth-order valence-corrected chi connectivity index (χ4v) is 3.10. The van der Waals surface area contributed by atoms with E-state index in [0.717, 1.165) is 0 Å². The highest BCUT2D eigenvalue weighted by Crippen LogP contribution is 2.29. The summed E-state index contributed by atoms with van der Waals surface area (Å²) in [5.74, 6) is -1.93. The molecule has 0 amide bonds. The van der Waals surface area contributed by atoms with Gasteiger partial charge in [0.1, 0.15) is 35.9 Å². The summed E-state index contributed by atoms with van der Waals surface area (Å²) in [6, 6.07) is 4.18. The molecule has 0 bridgehead atoms. The summed E-state index contributed by atoms with van der Waals surface area (Å²) in [5, 5.41) is 48.4. The van der Waals surface area contributed by atoms with Gasteiger partial charge in [-0.15, -0.1) is 0 Å². The van der Waals surface area contributed by atoms with E-state index in [9.17, 15) is 30.0 Å². The number of aliphatic carboxylic acids is 1. The van der Waals surface area contributed by atoms with Crippen LogP contribution in [0.3, 0.4) is 0 Å². The summed E-state index contributed by atoms with van der Waals surface area (Å²) < 4.78 is 15.6. The van der Waals surface area contributed by atoms with Crippen LogP contribution in [0.5, 0.6) is 11.5 Å². The number of carboxylic acids is 1. The SMILES string of the molecule is O=C1CCC(Cc2cc(O)cc(O[C@@H]3O[C@H](C(=O)O)[C@@H](O)[C@H](O)[C@H]3O)c2)O1. The van der Waals surface area contributed by atoms with E-state index in [4.69, 9.17) is 19.3 Å². The third-order valence-electron chi connectivity index (χ3n) is 4.45. The second-order valence-corrected chi connectivity index (χ2v) is 6.54.